The Bertz CT molecular complexity index is 869. The average molecular weight is 443 g/mol. The molecule has 0 aromatic carbocycles. The van der Waals surface area contributed by atoms with Gasteiger partial charge in [-0.2, -0.15) is 18.4 Å². The zero-order valence-corrected chi connectivity index (χ0v) is 17.3. The highest BCUT2D eigenvalue weighted by atomic mass is 19.4. The van der Waals surface area contributed by atoms with E-state index in [1.54, 1.807) is 20.8 Å². The van der Waals surface area contributed by atoms with Crippen LogP contribution in [0, 0.1) is 22.7 Å². The van der Waals surface area contributed by atoms with Crippen molar-refractivity contribution in [2.24, 2.45) is 11.3 Å². The van der Waals surface area contributed by atoms with Gasteiger partial charge in [-0.1, -0.05) is 25.9 Å². The van der Waals surface area contributed by atoms with Crippen molar-refractivity contribution >= 4 is 17.7 Å². The molecule has 0 aliphatic carbocycles. The van der Waals surface area contributed by atoms with Gasteiger partial charge < -0.3 is 20.5 Å². The van der Waals surface area contributed by atoms with Crippen LogP contribution in [-0.4, -0.2) is 41.5 Å². The van der Waals surface area contributed by atoms with Gasteiger partial charge in [0.2, 0.25) is 11.8 Å². The van der Waals surface area contributed by atoms with Crippen LogP contribution >= 0.6 is 0 Å². The molecule has 0 unspecified atom stereocenters. The summed E-state index contributed by atoms with van der Waals surface area (Å²) < 4.78 is 43.1. The van der Waals surface area contributed by atoms with Gasteiger partial charge in [0.25, 0.3) is 11.7 Å². The molecule has 2 heterocycles. The molecule has 1 fully saturated rings. The number of carbonyl (C=O) groups excluding carboxylic acids is 3. The third kappa shape index (κ3) is 6.70. The van der Waals surface area contributed by atoms with E-state index in [4.69, 9.17) is 0 Å². The molecule has 170 valence electrons. The van der Waals surface area contributed by atoms with Gasteiger partial charge in [-0.15, -0.1) is 0 Å². The molecule has 0 saturated carbocycles. The average Bonchev–Trinajstić information content (AvgIpc) is 3.28. The van der Waals surface area contributed by atoms with Crippen LogP contribution in [0.4, 0.5) is 13.2 Å². The van der Waals surface area contributed by atoms with Crippen molar-refractivity contribution in [1.29, 1.82) is 5.26 Å². The smallest absolute Gasteiger partial charge is 0.356 e. The van der Waals surface area contributed by atoms with Crippen molar-refractivity contribution in [1.82, 2.24) is 21.1 Å². The van der Waals surface area contributed by atoms with E-state index in [-0.39, 0.29) is 18.7 Å². The van der Waals surface area contributed by atoms with Gasteiger partial charge in [-0.25, -0.2) is 0 Å². The number of nitrogens with one attached hydrogen (secondary N) is 3. The Kier molecular flexibility index (Phi) is 7.30. The number of hydrogen-bond donors (Lipinski definition) is 3. The second kappa shape index (κ2) is 9.36. The number of aromatic nitrogens is 1. The number of carbonyl (C=O) groups is 3. The Morgan fingerprint density at radius 1 is 1.35 bits per heavy atom. The highest BCUT2D eigenvalue weighted by Crippen LogP contribution is 2.32. The lowest BCUT2D eigenvalue weighted by atomic mass is 9.87. The van der Waals surface area contributed by atoms with E-state index in [1.165, 1.54) is 0 Å². The zero-order valence-electron chi connectivity index (χ0n) is 17.3. The van der Waals surface area contributed by atoms with Crippen LogP contribution < -0.4 is 16.0 Å². The van der Waals surface area contributed by atoms with E-state index < -0.39 is 52.7 Å². The topological polar surface area (TPSA) is 137 Å². The fourth-order valence-corrected chi connectivity index (χ4v) is 3.23. The molecular weight excluding hydrogens is 419 g/mol. The maximum atomic E-state index is 13.0. The predicted octanol–water partition coefficient (Wildman–Crippen LogP) is 1.76. The molecule has 12 heteroatoms. The number of hydrogen-bond acceptors (Lipinski definition) is 6. The van der Waals surface area contributed by atoms with Gasteiger partial charge in [-0.05, 0) is 24.7 Å². The first kappa shape index (κ1) is 24.2. The molecule has 1 aromatic rings. The molecular formula is C19H24F3N5O4. The van der Waals surface area contributed by atoms with Crippen molar-refractivity contribution in [2.75, 3.05) is 6.54 Å². The molecule has 1 aliphatic heterocycles. The third-order valence-electron chi connectivity index (χ3n) is 4.67. The Morgan fingerprint density at radius 2 is 2.03 bits per heavy atom. The van der Waals surface area contributed by atoms with Crippen molar-refractivity contribution < 1.29 is 32.1 Å². The van der Waals surface area contributed by atoms with Gasteiger partial charge in [0.05, 0.1) is 12.3 Å². The lowest BCUT2D eigenvalue weighted by Gasteiger charge is -2.27. The fourth-order valence-electron chi connectivity index (χ4n) is 3.23. The number of nitrogens with zero attached hydrogens (tertiary/aromatic N) is 2. The van der Waals surface area contributed by atoms with Gasteiger partial charge in [0, 0.05) is 12.5 Å². The zero-order chi connectivity index (χ0) is 23.4. The summed E-state index contributed by atoms with van der Waals surface area (Å²) in [5, 5.41) is 19.8. The van der Waals surface area contributed by atoms with E-state index in [2.05, 4.69) is 25.6 Å². The second-order valence-electron chi connectivity index (χ2n) is 8.56. The summed E-state index contributed by atoms with van der Waals surface area (Å²) in [6, 6.07) is -0.314. The molecule has 3 atom stereocenters. The Hall–Kier alpha value is -3.10. The molecule has 0 spiro atoms. The third-order valence-corrected chi connectivity index (χ3v) is 4.67. The first-order chi connectivity index (χ1) is 14.3. The van der Waals surface area contributed by atoms with E-state index in [0.717, 1.165) is 0 Å². The van der Waals surface area contributed by atoms with Crippen molar-refractivity contribution in [2.45, 2.75) is 58.3 Å². The van der Waals surface area contributed by atoms with E-state index in [0.29, 0.717) is 19.2 Å². The lowest BCUT2D eigenvalue weighted by molar-refractivity contribution is -0.155. The van der Waals surface area contributed by atoms with Gasteiger partial charge in [-0.3, -0.25) is 14.4 Å². The van der Waals surface area contributed by atoms with E-state index >= 15 is 0 Å². The maximum absolute atomic E-state index is 13.0. The number of nitriles is 1. The van der Waals surface area contributed by atoms with Crippen LogP contribution in [-0.2, 0) is 15.8 Å². The first-order valence-electron chi connectivity index (χ1n) is 9.62. The summed E-state index contributed by atoms with van der Waals surface area (Å²) in [4.78, 5) is 37.0. The summed E-state index contributed by atoms with van der Waals surface area (Å²) in [6.45, 7) is 5.83. The summed E-state index contributed by atoms with van der Waals surface area (Å²) in [7, 11) is 0. The fraction of sp³-hybridized carbons (Fsp3) is 0.632. The summed E-state index contributed by atoms with van der Waals surface area (Å²) in [5.41, 5.74) is -1.33. The standard InChI is InChI=1S/C19H24F3N5O4/c1-18(2,3)7-13(27-16(29)12-9-25-31-14(12)19(20,21)22)17(30)26-11(8-23)6-10-4-5-24-15(10)28/h9-11,13H,4-7H2,1-3H3,(H,24,28)(H,26,30)(H,27,29)/t10-,11-,13-/m0/s1. The van der Waals surface area contributed by atoms with Crippen LogP contribution in [0.15, 0.2) is 10.7 Å². The quantitative estimate of drug-likeness (QED) is 0.587. The molecule has 1 aliphatic rings. The highest BCUT2D eigenvalue weighted by Gasteiger charge is 2.41. The molecule has 0 radical (unpaired) electrons. The molecule has 3 N–H and O–H groups in total. The summed E-state index contributed by atoms with van der Waals surface area (Å²) in [5.74, 6) is -4.12. The summed E-state index contributed by atoms with van der Waals surface area (Å²) >= 11 is 0. The van der Waals surface area contributed by atoms with Crippen LogP contribution in [0.5, 0.6) is 0 Å². The Balaban J connectivity index is 2.15. The summed E-state index contributed by atoms with van der Waals surface area (Å²) in [6.07, 6.45) is -3.60. The van der Waals surface area contributed by atoms with Crippen molar-refractivity contribution in [3.05, 3.63) is 17.5 Å². The van der Waals surface area contributed by atoms with Gasteiger partial charge in [0.15, 0.2) is 0 Å². The Morgan fingerprint density at radius 3 is 2.55 bits per heavy atom. The van der Waals surface area contributed by atoms with Crippen LogP contribution in [0.1, 0.15) is 56.2 Å². The minimum atomic E-state index is -4.93. The van der Waals surface area contributed by atoms with Gasteiger partial charge in [0.1, 0.15) is 17.6 Å². The van der Waals surface area contributed by atoms with Crippen molar-refractivity contribution in [3.8, 4) is 6.07 Å². The number of halogens is 3. The highest BCUT2D eigenvalue weighted by molar-refractivity contribution is 5.98. The molecule has 2 rings (SSSR count). The van der Waals surface area contributed by atoms with Crippen LogP contribution in [0.2, 0.25) is 0 Å². The van der Waals surface area contributed by atoms with E-state index in [1.807, 2.05) is 6.07 Å². The van der Waals surface area contributed by atoms with Crippen molar-refractivity contribution in [3.63, 3.8) is 0 Å². The van der Waals surface area contributed by atoms with Crippen LogP contribution in [0.25, 0.3) is 0 Å². The second-order valence-corrected chi connectivity index (χ2v) is 8.56. The molecule has 1 aromatic heterocycles. The number of rotatable bonds is 7. The van der Waals surface area contributed by atoms with Gasteiger partial charge >= 0.3 is 6.18 Å². The number of alkyl halides is 3. The lowest BCUT2D eigenvalue weighted by Crippen LogP contribution is -2.51. The minimum absolute atomic E-state index is 0.0826. The Labute approximate surface area is 176 Å². The number of amides is 3. The SMILES string of the molecule is CC(C)(C)C[C@H](NC(=O)c1cnoc1C(F)(F)F)C(=O)N[C@H](C#N)C[C@@H]1CCNC1=O. The molecule has 31 heavy (non-hydrogen) atoms. The minimum Gasteiger partial charge on any atom is -0.356 e. The van der Waals surface area contributed by atoms with Crippen LogP contribution in [0.3, 0.4) is 0 Å². The normalized spacial score (nSPS) is 18.6. The molecule has 3 amide bonds. The largest absolute Gasteiger partial charge is 0.453 e. The molecule has 1 saturated heterocycles. The van der Waals surface area contributed by atoms with E-state index in [9.17, 15) is 32.8 Å². The molecule has 9 nitrogen and oxygen atoms in total. The predicted molar refractivity (Wildman–Crippen MR) is 100 cm³/mol. The first-order valence-corrected chi connectivity index (χ1v) is 9.62. The molecule has 0 bridgehead atoms. The maximum Gasteiger partial charge on any atom is 0.453 e. The monoisotopic (exact) mass is 443 g/mol.